The van der Waals surface area contributed by atoms with Crippen LogP contribution in [0, 0.1) is 11.3 Å². The van der Waals surface area contributed by atoms with Crippen molar-refractivity contribution < 1.29 is 14.7 Å². The molecule has 1 aliphatic carbocycles. The lowest BCUT2D eigenvalue weighted by Gasteiger charge is -2.25. The number of carbonyl (C=O) groups excluding carboxylic acids is 1. The van der Waals surface area contributed by atoms with Crippen LogP contribution in [0.4, 0.5) is 0 Å². The van der Waals surface area contributed by atoms with Gasteiger partial charge in [0.15, 0.2) is 0 Å². The van der Waals surface area contributed by atoms with Gasteiger partial charge in [-0.3, -0.25) is 9.59 Å². The largest absolute Gasteiger partial charge is 0.481 e. The van der Waals surface area contributed by atoms with E-state index >= 15 is 0 Å². The van der Waals surface area contributed by atoms with Crippen molar-refractivity contribution >= 4 is 11.9 Å². The Bertz CT molecular complexity index is 524. The Hall–Kier alpha value is -1.84. The highest BCUT2D eigenvalue weighted by Gasteiger charge is 2.51. The Morgan fingerprint density at radius 1 is 1.35 bits per heavy atom. The van der Waals surface area contributed by atoms with Crippen molar-refractivity contribution in [1.82, 2.24) is 5.32 Å². The molecule has 4 heteroatoms. The monoisotopic (exact) mass is 275 g/mol. The maximum absolute atomic E-state index is 12.0. The normalized spacial score (nSPS) is 22.6. The topological polar surface area (TPSA) is 66.4 Å². The quantitative estimate of drug-likeness (QED) is 0.865. The number of carboxylic acid groups (broad SMARTS) is 1. The zero-order valence-electron chi connectivity index (χ0n) is 12.1. The van der Waals surface area contributed by atoms with Crippen molar-refractivity contribution in [2.45, 2.75) is 32.6 Å². The van der Waals surface area contributed by atoms with Crippen LogP contribution in [0.25, 0.3) is 0 Å². The lowest BCUT2D eigenvalue weighted by Crippen LogP contribution is -2.45. The van der Waals surface area contributed by atoms with E-state index in [0.29, 0.717) is 5.56 Å². The van der Waals surface area contributed by atoms with Gasteiger partial charge in [0.1, 0.15) is 5.41 Å². The second kappa shape index (κ2) is 4.93. The maximum Gasteiger partial charge on any atom is 0.315 e. The fraction of sp³-hybridized carbons (Fsp3) is 0.500. The molecule has 20 heavy (non-hydrogen) atoms. The van der Waals surface area contributed by atoms with Crippen molar-refractivity contribution in [2.75, 3.05) is 6.54 Å². The van der Waals surface area contributed by atoms with Gasteiger partial charge in [-0.2, -0.15) is 0 Å². The number of carboxylic acids is 1. The number of hydrogen-bond acceptors (Lipinski definition) is 2. The minimum absolute atomic E-state index is 0.0105. The lowest BCUT2D eigenvalue weighted by atomic mass is 9.82. The first-order valence-electron chi connectivity index (χ1n) is 6.84. The average molecular weight is 275 g/mol. The van der Waals surface area contributed by atoms with E-state index in [-0.39, 0.29) is 23.8 Å². The summed E-state index contributed by atoms with van der Waals surface area (Å²) in [5.41, 5.74) is -0.352. The van der Waals surface area contributed by atoms with E-state index in [4.69, 9.17) is 0 Å². The van der Waals surface area contributed by atoms with Gasteiger partial charge >= 0.3 is 5.97 Å². The molecule has 1 saturated carbocycles. The molecule has 2 unspecified atom stereocenters. The molecule has 0 saturated heterocycles. The van der Waals surface area contributed by atoms with Gasteiger partial charge in [0.2, 0.25) is 5.91 Å². The number of nitrogens with one attached hydrogen (secondary N) is 1. The molecule has 108 valence electrons. The number of aliphatic carboxylic acids is 1. The Balaban J connectivity index is 2.07. The van der Waals surface area contributed by atoms with Crippen LogP contribution >= 0.6 is 0 Å². The maximum atomic E-state index is 12.0. The van der Waals surface area contributed by atoms with E-state index in [9.17, 15) is 14.7 Å². The van der Waals surface area contributed by atoms with Crippen LogP contribution in [0.3, 0.4) is 0 Å². The Kier molecular flexibility index (Phi) is 3.59. The summed E-state index contributed by atoms with van der Waals surface area (Å²) in [6.07, 6.45) is 0.869. The molecule has 0 aliphatic heterocycles. The molecule has 0 aromatic heterocycles. The molecule has 1 aromatic carbocycles. The first-order valence-corrected chi connectivity index (χ1v) is 6.84. The highest BCUT2D eigenvalue weighted by Crippen LogP contribution is 2.51. The van der Waals surface area contributed by atoms with Crippen LogP contribution < -0.4 is 5.32 Å². The summed E-state index contributed by atoms with van der Waals surface area (Å²) >= 11 is 0. The fourth-order valence-electron chi connectivity index (χ4n) is 2.41. The lowest BCUT2D eigenvalue weighted by molar-refractivity contribution is -0.143. The van der Waals surface area contributed by atoms with Gasteiger partial charge in [0.05, 0.1) is 0 Å². The zero-order chi connectivity index (χ0) is 15.0. The van der Waals surface area contributed by atoms with Crippen LogP contribution in [0.15, 0.2) is 30.3 Å². The van der Waals surface area contributed by atoms with E-state index in [1.807, 2.05) is 32.0 Å². The van der Waals surface area contributed by atoms with E-state index < -0.39 is 11.4 Å². The van der Waals surface area contributed by atoms with Crippen molar-refractivity contribution in [3.8, 4) is 0 Å². The molecule has 1 aromatic rings. The highest BCUT2D eigenvalue weighted by atomic mass is 16.4. The van der Waals surface area contributed by atoms with Crippen molar-refractivity contribution in [3.63, 3.8) is 0 Å². The predicted octanol–water partition coefficient (Wildman–Crippen LogP) is 2.19. The predicted molar refractivity (Wildman–Crippen MR) is 76.3 cm³/mol. The van der Waals surface area contributed by atoms with E-state index in [1.165, 1.54) is 0 Å². The average Bonchev–Trinajstić information content (AvgIpc) is 3.05. The second-order valence-corrected chi connectivity index (χ2v) is 6.47. The minimum atomic E-state index is -1.10. The van der Waals surface area contributed by atoms with Gasteiger partial charge in [-0.15, -0.1) is 0 Å². The zero-order valence-corrected chi connectivity index (χ0v) is 12.1. The van der Waals surface area contributed by atoms with E-state index in [1.54, 1.807) is 19.1 Å². The number of hydrogen-bond donors (Lipinski definition) is 2. The third kappa shape index (κ3) is 2.69. The van der Waals surface area contributed by atoms with Crippen LogP contribution in [-0.4, -0.2) is 23.5 Å². The Morgan fingerprint density at radius 2 is 1.90 bits per heavy atom. The standard InChI is InChI=1S/C16H21NO3/c1-15(2)9-12(15)13(18)17-10-16(3,14(19)20)11-7-5-4-6-8-11/h4-8,12H,9-10H2,1-3H3,(H,17,18)(H,19,20). The third-order valence-corrected chi connectivity index (χ3v) is 4.33. The summed E-state index contributed by atoms with van der Waals surface area (Å²) in [7, 11) is 0. The van der Waals surface area contributed by atoms with Gasteiger partial charge in [-0.25, -0.2) is 0 Å². The highest BCUT2D eigenvalue weighted by molar-refractivity contribution is 5.85. The smallest absolute Gasteiger partial charge is 0.315 e. The summed E-state index contributed by atoms with van der Waals surface area (Å²) in [4.78, 5) is 23.6. The van der Waals surface area contributed by atoms with Gasteiger partial charge in [0.25, 0.3) is 0 Å². The molecule has 1 amide bonds. The van der Waals surface area contributed by atoms with Gasteiger partial charge < -0.3 is 10.4 Å². The first-order chi connectivity index (χ1) is 9.27. The Morgan fingerprint density at radius 3 is 2.35 bits per heavy atom. The van der Waals surface area contributed by atoms with Crippen LogP contribution in [0.2, 0.25) is 0 Å². The van der Waals surface area contributed by atoms with Crippen LogP contribution in [0.1, 0.15) is 32.8 Å². The van der Waals surface area contributed by atoms with E-state index in [0.717, 1.165) is 6.42 Å². The van der Waals surface area contributed by atoms with Gasteiger partial charge in [-0.05, 0) is 24.3 Å². The van der Waals surface area contributed by atoms with Crippen molar-refractivity contribution in [1.29, 1.82) is 0 Å². The van der Waals surface area contributed by atoms with Crippen LogP contribution in [0.5, 0.6) is 0 Å². The Labute approximate surface area is 119 Å². The molecule has 0 radical (unpaired) electrons. The van der Waals surface area contributed by atoms with Crippen molar-refractivity contribution in [3.05, 3.63) is 35.9 Å². The number of benzene rings is 1. The molecule has 0 bridgehead atoms. The molecule has 2 N–H and O–H groups in total. The van der Waals surface area contributed by atoms with Gasteiger partial charge in [-0.1, -0.05) is 44.2 Å². The number of amides is 1. The second-order valence-electron chi connectivity index (χ2n) is 6.47. The molecule has 0 spiro atoms. The first kappa shape index (κ1) is 14.6. The molecular formula is C16H21NO3. The molecule has 1 fully saturated rings. The third-order valence-electron chi connectivity index (χ3n) is 4.33. The number of rotatable bonds is 5. The molecule has 0 heterocycles. The molecule has 2 rings (SSSR count). The molecule has 4 nitrogen and oxygen atoms in total. The number of carbonyl (C=O) groups is 2. The summed E-state index contributed by atoms with van der Waals surface area (Å²) in [5.74, 6) is -0.964. The fourth-order valence-corrected chi connectivity index (χ4v) is 2.41. The van der Waals surface area contributed by atoms with Crippen LogP contribution in [-0.2, 0) is 15.0 Å². The van der Waals surface area contributed by atoms with Crippen molar-refractivity contribution in [2.24, 2.45) is 11.3 Å². The SMILES string of the molecule is CC(CNC(=O)C1CC1(C)C)(C(=O)O)c1ccccc1. The van der Waals surface area contributed by atoms with Gasteiger partial charge in [0, 0.05) is 12.5 Å². The molecule has 2 atom stereocenters. The molecular weight excluding hydrogens is 254 g/mol. The minimum Gasteiger partial charge on any atom is -0.481 e. The summed E-state index contributed by atoms with van der Waals surface area (Å²) in [5, 5.41) is 12.3. The van der Waals surface area contributed by atoms with E-state index in [2.05, 4.69) is 5.32 Å². The summed E-state index contributed by atoms with van der Waals surface area (Å²) < 4.78 is 0. The molecule has 1 aliphatic rings. The summed E-state index contributed by atoms with van der Waals surface area (Å²) in [6.45, 7) is 5.84. The summed E-state index contributed by atoms with van der Waals surface area (Å²) in [6, 6.07) is 9.02.